The van der Waals surface area contributed by atoms with Gasteiger partial charge in [0.1, 0.15) is 5.52 Å². The predicted molar refractivity (Wildman–Crippen MR) is 113 cm³/mol. The lowest BCUT2D eigenvalue weighted by atomic mass is 9.97. The normalized spacial score (nSPS) is 20.7. The van der Waals surface area contributed by atoms with Gasteiger partial charge in [0.05, 0.1) is 18.4 Å². The highest BCUT2D eigenvalue weighted by Gasteiger charge is 2.37. The van der Waals surface area contributed by atoms with Crippen LogP contribution in [0.15, 0.2) is 48.9 Å². The molecule has 2 aliphatic rings. The second-order valence-corrected chi connectivity index (χ2v) is 8.37. The fourth-order valence-electron chi connectivity index (χ4n) is 4.64. The standard InChI is InChI=1S/C23H27N5O/c1-17-7-5-6-10-28(17)20-14-26(15-20)23(29)19-11-21-22(24-12-19)27(16-25-21)13-18-8-3-2-4-9-18/h2-4,8-9,11-12,16-17,20H,5-7,10,13-15H2,1H3. The average Bonchev–Trinajstić information content (AvgIpc) is 3.11. The first-order valence-electron chi connectivity index (χ1n) is 10.6. The van der Waals surface area contributed by atoms with E-state index in [4.69, 9.17) is 0 Å². The highest BCUT2D eigenvalue weighted by molar-refractivity contribution is 5.96. The molecule has 2 saturated heterocycles. The topological polar surface area (TPSA) is 54.3 Å². The molecule has 0 bridgehead atoms. The molecule has 0 spiro atoms. The van der Waals surface area contributed by atoms with Crippen LogP contribution in [0.4, 0.5) is 0 Å². The Morgan fingerprint density at radius 2 is 1.97 bits per heavy atom. The van der Waals surface area contributed by atoms with Crippen LogP contribution in [0.3, 0.4) is 0 Å². The van der Waals surface area contributed by atoms with Gasteiger partial charge in [0.2, 0.25) is 0 Å². The first kappa shape index (κ1) is 18.3. The Kier molecular flexibility index (Phi) is 4.79. The van der Waals surface area contributed by atoms with Crippen molar-refractivity contribution >= 4 is 17.1 Å². The monoisotopic (exact) mass is 389 g/mol. The van der Waals surface area contributed by atoms with Crippen molar-refractivity contribution in [2.45, 2.75) is 44.8 Å². The molecule has 1 aromatic carbocycles. The Hall–Kier alpha value is -2.73. The number of imidazole rings is 1. The molecule has 2 aromatic heterocycles. The number of rotatable bonds is 4. The Morgan fingerprint density at radius 1 is 1.14 bits per heavy atom. The zero-order valence-corrected chi connectivity index (χ0v) is 16.9. The Balaban J connectivity index is 1.27. The lowest BCUT2D eigenvalue weighted by Gasteiger charge is -2.49. The second kappa shape index (κ2) is 7.59. The summed E-state index contributed by atoms with van der Waals surface area (Å²) in [5.74, 6) is 0.0675. The quantitative estimate of drug-likeness (QED) is 0.688. The summed E-state index contributed by atoms with van der Waals surface area (Å²) in [6, 6.07) is 13.3. The van der Waals surface area contributed by atoms with Gasteiger partial charge in [0.15, 0.2) is 5.65 Å². The number of nitrogens with zero attached hydrogens (tertiary/aromatic N) is 5. The maximum atomic E-state index is 12.9. The number of likely N-dealkylation sites (tertiary alicyclic amines) is 2. The second-order valence-electron chi connectivity index (χ2n) is 8.37. The molecule has 5 rings (SSSR count). The minimum absolute atomic E-state index is 0.0675. The number of carbonyl (C=O) groups excluding carboxylic acids is 1. The van der Waals surface area contributed by atoms with E-state index in [1.807, 2.05) is 33.7 Å². The van der Waals surface area contributed by atoms with Crippen LogP contribution in [0.1, 0.15) is 42.1 Å². The van der Waals surface area contributed by atoms with Gasteiger partial charge in [0.25, 0.3) is 5.91 Å². The van der Waals surface area contributed by atoms with Crippen LogP contribution in [0.2, 0.25) is 0 Å². The van der Waals surface area contributed by atoms with Gasteiger partial charge in [-0.05, 0) is 37.9 Å². The summed E-state index contributed by atoms with van der Waals surface area (Å²) >= 11 is 0. The molecule has 2 fully saturated rings. The summed E-state index contributed by atoms with van der Waals surface area (Å²) in [4.78, 5) is 26.5. The first-order valence-corrected chi connectivity index (χ1v) is 10.6. The maximum absolute atomic E-state index is 12.9. The van der Waals surface area contributed by atoms with E-state index in [-0.39, 0.29) is 5.91 Å². The third-order valence-corrected chi connectivity index (χ3v) is 6.37. The number of piperidine rings is 1. The highest BCUT2D eigenvalue weighted by atomic mass is 16.2. The minimum atomic E-state index is 0.0675. The van der Waals surface area contributed by atoms with Crippen molar-refractivity contribution in [1.82, 2.24) is 24.3 Å². The zero-order chi connectivity index (χ0) is 19.8. The summed E-state index contributed by atoms with van der Waals surface area (Å²) in [5, 5.41) is 0. The molecular formula is C23H27N5O. The van der Waals surface area contributed by atoms with Crippen LogP contribution in [-0.2, 0) is 6.54 Å². The molecule has 3 aromatic rings. The Labute approximate surface area is 171 Å². The molecule has 0 N–H and O–H groups in total. The summed E-state index contributed by atoms with van der Waals surface area (Å²) in [5.41, 5.74) is 3.42. The SMILES string of the molecule is CC1CCCCN1C1CN(C(=O)c2cnc3c(c2)ncn3Cc2ccccc2)C1. The third-order valence-electron chi connectivity index (χ3n) is 6.37. The van der Waals surface area contributed by atoms with Crippen LogP contribution in [0, 0.1) is 0 Å². The summed E-state index contributed by atoms with van der Waals surface area (Å²) in [6.07, 6.45) is 7.38. The number of pyridine rings is 1. The Bertz CT molecular complexity index is 1010. The van der Waals surface area contributed by atoms with Gasteiger partial charge in [0, 0.05) is 31.4 Å². The summed E-state index contributed by atoms with van der Waals surface area (Å²) < 4.78 is 2.02. The summed E-state index contributed by atoms with van der Waals surface area (Å²) in [7, 11) is 0. The van der Waals surface area contributed by atoms with Gasteiger partial charge in [-0.3, -0.25) is 9.69 Å². The van der Waals surface area contributed by atoms with Crippen molar-refractivity contribution in [1.29, 1.82) is 0 Å². The molecule has 1 atom stereocenters. The van der Waals surface area contributed by atoms with E-state index in [1.54, 1.807) is 12.5 Å². The number of hydrogen-bond donors (Lipinski definition) is 0. The molecule has 2 aliphatic heterocycles. The predicted octanol–water partition coefficient (Wildman–Crippen LogP) is 3.18. The highest BCUT2D eigenvalue weighted by Crippen LogP contribution is 2.26. The van der Waals surface area contributed by atoms with Crippen molar-refractivity contribution in [2.24, 2.45) is 0 Å². The third kappa shape index (κ3) is 3.53. The van der Waals surface area contributed by atoms with E-state index < -0.39 is 0 Å². The van der Waals surface area contributed by atoms with Gasteiger partial charge < -0.3 is 9.47 Å². The van der Waals surface area contributed by atoms with E-state index in [9.17, 15) is 4.79 Å². The molecule has 4 heterocycles. The van der Waals surface area contributed by atoms with Gasteiger partial charge in [-0.2, -0.15) is 0 Å². The van der Waals surface area contributed by atoms with Gasteiger partial charge in [-0.1, -0.05) is 36.8 Å². The molecule has 29 heavy (non-hydrogen) atoms. The maximum Gasteiger partial charge on any atom is 0.255 e. The minimum Gasteiger partial charge on any atom is -0.335 e. The van der Waals surface area contributed by atoms with Crippen LogP contribution in [0.5, 0.6) is 0 Å². The van der Waals surface area contributed by atoms with Gasteiger partial charge in [-0.25, -0.2) is 9.97 Å². The number of hydrogen-bond acceptors (Lipinski definition) is 4. The molecular weight excluding hydrogens is 362 g/mol. The molecule has 0 aliphatic carbocycles. The Morgan fingerprint density at radius 3 is 2.76 bits per heavy atom. The largest absolute Gasteiger partial charge is 0.335 e. The number of amides is 1. The van der Waals surface area contributed by atoms with E-state index >= 15 is 0 Å². The molecule has 6 heteroatoms. The molecule has 150 valence electrons. The van der Waals surface area contributed by atoms with Crippen molar-refractivity contribution in [3.8, 4) is 0 Å². The fraction of sp³-hybridized carbons (Fsp3) is 0.435. The molecule has 1 amide bonds. The fourth-order valence-corrected chi connectivity index (χ4v) is 4.64. The molecule has 6 nitrogen and oxygen atoms in total. The molecule has 0 radical (unpaired) electrons. The summed E-state index contributed by atoms with van der Waals surface area (Å²) in [6.45, 7) is 5.85. The van der Waals surface area contributed by atoms with E-state index in [2.05, 4.69) is 33.9 Å². The van der Waals surface area contributed by atoms with Crippen LogP contribution in [-0.4, -0.2) is 62.0 Å². The van der Waals surface area contributed by atoms with Crippen molar-refractivity contribution in [3.63, 3.8) is 0 Å². The number of carbonyl (C=O) groups is 1. The molecule has 1 unspecified atom stereocenters. The zero-order valence-electron chi connectivity index (χ0n) is 16.9. The number of fused-ring (bicyclic) bond motifs is 1. The van der Waals surface area contributed by atoms with Crippen LogP contribution < -0.4 is 0 Å². The van der Waals surface area contributed by atoms with Gasteiger partial charge in [-0.15, -0.1) is 0 Å². The number of aromatic nitrogens is 3. The van der Waals surface area contributed by atoms with E-state index in [0.29, 0.717) is 17.6 Å². The first-order chi connectivity index (χ1) is 14.2. The van der Waals surface area contributed by atoms with E-state index in [0.717, 1.165) is 30.8 Å². The van der Waals surface area contributed by atoms with Gasteiger partial charge >= 0.3 is 0 Å². The van der Waals surface area contributed by atoms with E-state index in [1.165, 1.54) is 31.4 Å². The number of benzene rings is 1. The lowest BCUT2D eigenvalue weighted by Crippen LogP contribution is -2.63. The van der Waals surface area contributed by atoms with Crippen molar-refractivity contribution in [2.75, 3.05) is 19.6 Å². The average molecular weight is 390 g/mol. The lowest BCUT2D eigenvalue weighted by molar-refractivity contribution is 0.00211. The van der Waals surface area contributed by atoms with Crippen molar-refractivity contribution < 1.29 is 4.79 Å². The molecule has 0 saturated carbocycles. The smallest absolute Gasteiger partial charge is 0.255 e. The van der Waals surface area contributed by atoms with Crippen LogP contribution in [0.25, 0.3) is 11.2 Å². The van der Waals surface area contributed by atoms with Crippen molar-refractivity contribution in [3.05, 3.63) is 60.0 Å². The van der Waals surface area contributed by atoms with Crippen LogP contribution >= 0.6 is 0 Å².